The standard InChI is InChI=1S/C22H30O4/c1-6-25-22(23)13-11-19-10-12-20(21(16-19)24-5)26-15-14-18(4)9-7-8-17(2)3/h8,10-14,16H,6-7,9,15H2,1-5H3/b13-11?,18-14+. The Morgan fingerprint density at radius 3 is 2.54 bits per heavy atom. The molecule has 0 fully saturated rings. The zero-order valence-corrected chi connectivity index (χ0v) is 16.5. The second-order valence-electron chi connectivity index (χ2n) is 6.18. The smallest absolute Gasteiger partial charge is 0.330 e. The van der Waals surface area contributed by atoms with E-state index in [-0.39, 0.29) is 5.97 Å². The van der Waals surface area contributed by atoms with Crippen LogP contribution in [0.5, 0.6) is 11.5 Å². The molecule has 142 valence electrons. The van der Waals surface area contributed by atoms with Crippen LogP contribution in [0.25, 0.3) is 6.08 Å². The topological polar surface area (TPSA) is 44.8 Å². The van der Waals surface area contributed by atoms with E-state index in [9.17, 15) is 4.79 Å². The maximum atomic E-state index is 11.4. The van der Waals surface area contributed by atoms with E-state index >= 15 is 0 Å². The molecule has 0 heterocycles. The van der Waals surface area contributed by atoms with Gasteiger partial charge in [-0.2, -0.15) is 0 Å². The molecular formula is C22H30O4. The number of hydrogen-bond acceptors (Lipinski definition) is 4. The van der Waals surface area contributed by atoms with Crippen LogP contribution in [0.2, 0.25) is 0 Å². The summed E-state index contributed by atoms with van der Waals surface area (Å²) >= 11 is 0. The minimum Gasteiger partial charge on any atom is -0.493 e. The number of carbonyl (C=O) groups excluding carboxylic acids is 1. The molecular weight excluding hydrogens is 328 g/mol. The van der Waals surface area contributed by atoms with Crippen LogP contribution in [-0.2, 0) is 9.53 Å². The highest BCUT2D eigenvalue weighted by Crippen LogP contribution is 2.28. The maximum absolute atomic E-state index is 11.4. The van der Waals surface area contributed by atoms with Crippen LogP contribution in [0.4, 0.5) is 0 Å². The summed E-state index contributed by atoms with van der Waals surface area (Å²) in [5.74, 6) is 0.946. The minimum atomic E-state index is -0.361. The van der Waals surface area contributed by atoms with Gasteiger partial charge in [-0.1, -0.05) is 23.3 Å². The van der Waals surface area contributed by atoms with Crippen molar-refractivity contribution in [2.75, 3.05) is 20.3 Å². The molecule has 4 heteroatoms. The number of esters is 1. The van der Waals surface area contributed by atoms with Gasteiger partial charge in [0.15, 0.2) is 11.5 Å². The van der Waals surface area contributed by atoms with Gasteiger partial charge >= 0.3 is 5.97 Å². The first-order valence-corrected chi connectivity index (χ1v) is 8.91. The number of allylic oxidation sites excluding steroid dienone is 3. The van der Waals surface area contributed by atoms with Gasteiger partial charge in [-0.3, -0.25) is 0 Å². The molecule has 0 saturated heterocycles. The first-order chi connectivity index (χ1) is 12.5. The molecule has 4 nitrogen and oxygen atoms in total. The van der Waals surface area contributed by atoms with Crippen molar-refractivity contribution in [3.8, 4) is 11.5 Å². The first kappa shape index (κ1) is 21.6. The van der Waals surface area contributed by atoms with E-state index in [1.165, 1.54) is 17.2 Å². The number of ether oxygens (including phenoxy) is 3. The van der Waals surface area contributed by atoms with Crippen molar-refractivity contribution in [3.05, 3.63) is 53.1 Å². The molecule has 1 rings (SSSR count). The average Bonchev–Trinajstić information content (AvgIpc) is 2.60. The highest BCUT2D eigenvalue weighted by atomic mass is 16.5. The summed E-state index contributed by atoms with van der Waals surface area (Å²) < 4.78 is 16.1. The van der Waals surface area contributed by atoms with E-state index in [1.54, 1.807) is 20.1 Å². The van der Waals surface area contributed by atoms with E-state index in [2.05, 4.69) is 32.9 Å². The van der Waals surface area contributed by atoms with Gasteiger partial charge in [-0.25, -0.2) is 4.79 Å². The van der Waals surface area contributed by atoms with Crippen LogP contribution in [0.3, 0.4) is 0 Å². The molecule has 0 spiro atoms. The van der Waals surface area contributed by atoms with Crippen molar-refractivity contribution in [2.45, 2.75) is 40.5 Å². The van der Waals surface area contributed by atoms with Gasteiger partial charge in [0.2, 0.25) is 0 Å². The molecule has 0 N–H and O–H groups in total. The number of hydrogen-bond donors (Lipinski definition) is 0. The van der Waals surface area contributed by atoms with Gasteiger partial charge in [0.05, 0.1) is 13.7 Å². The summed E-state index contributed by atoms with van der Waals surface area (Å²) in [5.41, 5.74) is 3.49. The monoisotopic (exact) mass is 358 g/mol. The van der Waals surface area contributed by atoms with Crippen LogP contribution >= 0.6 is 0 Å². The fourth-order valence-corrected chi connectivity index (χ4v) is 2.23. The SMILES string of the molecule is CCOC(=O)C=Cc1ccc(OC/C=C(\C)CCC=C(C)C)c(OC)c1. The zero-order valence-electron chi connectivity index (χ0n) is 16.5. The average molecular weight is 358 g/mol. The van der Waals surface area contributed by atoms with Gasteiger partial charge < -0.3 is 14.2 Å². The number of methoxy groups -OCH3 is 1. The number of benzene rings is 1. The molecule has 26 heavy (non-hydrogen) atoms. The highest BCUT2D eigenvalue weighted by molar-refractivity contribution is 5.87. The van der Waals surface area contributed by atoms with E-state index < -0.39 is 0 Å². The van der Waals surface area contributed by atoms with Crippen molar-refractivity contribution in [2.24, 2.45) is 0 Å². The Labute approximate surface area is 157 Å². The predicted octanol–water partition coefficient (Wildman–Crippen LogP) is 5.34. The third kappa shape index (κ3) is 8.56. The van der Waals surface area contributed by atoms with Gasteiger partial charge in [0.25, 0.3) is 0 Å². The first-order valence-electron chi connectivity index (χ1n) is 8.91. The lowest BCUT2D eigenvalue weighted by atomic mass is 10.1. The molecule has 1 aromatic rings. The second kappa shape index (κ2) is 12.0. The Hall–Kier alpha value is -2.49. The Morgan fingerprint density at radius 1 is 1.12 bits per heavy atom. The summed E-state index contributed by atoms with van der Waals surface area (Å²) in [5, 5.41) is 0. The van der Waals surface area contributed by atoms with Crippen LogP contribution in [0, 0.1) is 0 Å². The Kier molecular flexibility index (Phi) is 9.91. The van der Waals surface area contributed by atoms with Crippen molar-refractivity contribution >= 4 is 12.0 Å². The fraction of sp³-hybridized carbons (Fsp3) is 0.409. The molecule has 1 aromatic carbocycles. The van der Waals surface area contributed by atoms with Crippen LogP contribution in [0.15, 0.2) is 47.6 Å². The lowest BCUT2D eigenvalue weighted by molar-refractivity contribution is -0.137. The van der Waals surface area contributed by atoms with Crippen molar-refractivity contribution in [1.82, 2.24) is 0 Å². The van der Waals surface area contributed by atoms with Crippen LogP contribution < -0.4 is 9.47 Å². The summed E-state index contributed by atoms with van der Waals surface area (Å²) in [7, 11) is 1.60. The summed E-state index contributed by atoms with van der Waals surface area (Å²) in [6, 6.07) is 5.55. The molecule has 0 aromatic heterocycles. The molecule has 0 aliphatic rings. The van der Waals surface area contributed by atoms with Gasteiger partial charge in [0.1, 0.15) is 6.61 Å². The molecule has 0 unspecified atom stereocenters. The second-order valence-corrected chi connectivity index (χ2v) is 6.18. The molecule has 0 amide bonds. The maximum Gasteiger partial charge on any atom is 0.330 e. The zero-order chi connectivity index (χ0) is 19.4. The molecule has 0 saturated carbocycles. The lowest BCUT2D eigenvalue weighted by Crippen LogP contribution is -1.99. The summed E-state index contributed by atoms with van der Waals surface area (Å²) in [6.07, 6.45) is 9.50. The summed E-state index contributed by atoms with van der Waals surface area (Å²) in [4.78, 5) is 11.4. The van der Waals surface area contributed by atoms with E-state index in [4.69, 9.17) is 14.2 Å². The van der Waals surface area contributed by atoms with Gasteiger partial charge in [0, 0.05) is 6.08 Å². The largest absolute Gasteiger partial charge is 0.493 e. The third-order valence-corrected chi connectivity index (χ3v) is 3.65. The van der Waals surface area contributed by atoms with Crippen molar-refractivity contribution in [1.29, 1.82) is 0 Å². The van der Waals surface area contributed by atoms with Gasteiger partial charge in [-0.05, 0) is 70.4 Å². The van der Waals surface area contributed by atoms with Crippen molar-refractivity contribution < 1.29 is 19.0 Å². The summed E-state index contributed by atoms with van der Waals surface area (Å²) in [6.45, 7) is 8.97. The molecule has 0 bridgehead atoms. The lowest BCUT2D eigenvalue weighted by Gasteiger charge is -2.10. The quantitative estimate of drug-likeness (QED) is 0.322. The Morgan fingerprint density at radius 2 is 1.88 bits per heavy atom. The molecule has 0 aliphatic heterocycles. The Bertz CT molecular complexity index is 665. The normalized spacial score (nSPS) is 11.3. The van der Waals surface area contributed by atoms with Crippen LogP contribution in [-0.4, -0.2) is 26.3 Å². The van der Waals surface area contributed by atoms with E-state index in [0.717, 1.165) is 18.4 Å². The molecule has 0 atom stereocenters. The number of rotatable bonds is 10. The third-order valence-electron chi connectivity index (χ3n) is 3.65. The van der Waals surface area contributed by atoms with Gasteiger partial charge in [-0.15, -0.1) is 0 Å². The fourth-order valence-electron chi connectivity index (χ4n) is 2.23. The Balaban J connectivity index is 2.64. The van der Waals surface area contributed by atoms with E-state index in [1.807, 2.05) is 18.2 Å². The number of carbonyl (C=O) groups is 1. The highest BCUT2D eigenvalue weighted by Gasteiger charge is 2.05. The predicted molar refractivity (Wildman–Crippen MR) is 107 cm³/mol. The van der Waals surface area contributed by atoms with E-state index in [0.29, 0.717) is 24.7 Å². The molecule has 0 aliphatic carbocycles. The van der Waals surface area contributed by atoms with Crippen LogP contribution in [0.1, 0.15) is 46.1 Å². The van der Waals surface area contributed by atoms with Crippen molar-refractivity contribution in [3.63, 3.8) is 0 Å². The minimum absolute atomic E-state index is 0.361. The molecule has 0 radical (unpaired) electrons.